The van der Waals surface area contributed by atoms with Gasteiger partial charge in [0.1, 0.15) is 5.75 Å². The van der Waals surface area contributed by atoms with Gasteiger partial charge in [-0.25, -0.2) is 0 Å². The number of ether oxygens (including phenoxy) is 1. The molecule has 104 valence electrons. The van der Waals surface area contributed by atoms with Gasteiger partial charge in [0.05, 0.1) is 7.11 Å². The van der Waals surface area contributed by atoms with E-state index in [-0.39, 0.29) is 17.4 Å². The number of nitrogens with one attached hydrogen (secondary N) is 2. The van der Waals surface area contributed by atoms with E-state index in [2.05, 4.69) is 24.5 Å². The molecule has 1 aliphatic rings. The number of carbonyl (C=O) groups is 1. The highest BCUT2D eigenvalue weighted by Crippen LogP contribution is 2.25. The molecule has 0 spiro atoms. The lowest BCUT2D eigenvalue weighted by Gasteiger charge is -2.39. The van der Waals surface area contributed by atoms with E-state index < -0.39 is 0 Å². The van der Waals surface area contributed by atoms with Gasteiger partial charge in [0.2, 0.25) is 0 Å². The fourth-order valence-corrected chi connectivity index (χ4v) is 2.42. The summed E-state index contributed by atoms with van der Waals surface area (Å²) in [7, 11) is 1.62. The van der Waals surface area contributed by atoms with Crippen LogP contribution < -0.4 is 15.4 Å². The lowest BCUT2D eigenvalue weighted by Crippen LogP contribution is -2.54. The zero-order valence-corrected chi connectivity index (χ0v) is 11.8. The van der Waals surface area contributed by atoms with Gasteiger partial charge in [-0.3, -0.25) is 4.79 Å². The number of benzene rings is 1. The van der Waals surface area contributed by atoms with Crippen molar-refractivity contribution >= 4 is 5.91 Å². The van der Waals surface area contributed by atoms with E-state index in [4.69, 9.17) is 4.74 Å². The molecule has 1 aliphatic heterocycles. The van der Waals surface area contributed by atoms with Gasteiger partial charge in [-0.2, -0.15) is 0 Å². The molecule has 4 heteroatoms. The Morgan fingerprint density at radius 3 is 2.63 bits per heavy atom. The van der Waals surface area contributed by atoms with Crippen LogP contribution in [0.25, 0.3) is 0 Å². The minimum Gasteiger partial charge on any atom is -0.497 e. The van der Waals surface area contributed by atoms with Gasteiger partial charge in [0, 0.05) is 18.2 Å². The van der Waals surface area contributed by atoms with Crippen molar-refractivity contribution in [3.05, 3.63) is 29.8 Å². The Balaban J connectivity index is 2.03. The van der Waals surface area contributed by atoms with Gasteiger partial charge >= 0.3 is 0 Å². The van der Waals surface area contributed by atoms with Crippen LogP contribution in [0.3, 0.4) is 0 Å². The number of amides is 1. The first kappa shape index (κ1) is 13.9. The van der Waals surface area contributed by atoms with Crippen molar-refractivity contribution in [3.8, 4) is 5.75 Å². The molecule has 1 fully saturated rings. The SMILES string of the molecule is COc1ccc(C(=O)NC2CCNCC2(C)C)cc1. The Kier molecular flexibility index (Phi) is 4.10. The zero-order valence-electron chi connectivity index (χ0n) is 11.8. The topological polar surface area (TPSA) is 50.4 Å². The van der Waals surface area contributed by atoms with Crippen molar-refractivity contribution in [2.45, 2.75) is 26.3 Å². The maximum Gasteiger partial charge on any atom is 0.251 e. The van der Waals surface area contributed by atoms with Crippen LogP contribution in [-0.2, 0) is 0 Å². The highest BCUT2D eigenvalue weighted by atomic mass is 16.5. The first-order valence-corrected chi connectivity index (χ1v) is 6.68. The summed E-state index contributed by atoms with van der Waals surface area (Å²) in [5, 5.41) is 6.51. The van der Waals surface area contributed by atoms with Crippen molar-refractivity contribution in [2.24, 2.45) is 5.41 Å². The fourth-order valence-electron chi connectivity index (χ4n) is 2.42. The summed E-state index contributed by atoms with van der Waals surface area (Å²) in [4.78, 5) is 12.2. The Labute approximate surface area is 114 Å². The number of rotatable bonds is 3. The maximum atomic E-state index is 12.2. The molecule has 0 radical (unpaired) electrons. The van der Waals surface area contributed by atoms with Crippen LogP contribution in [0.4, 0.5) is 0 Å². The predicted molar refractivity (Wildman–Crippen MR) is 75.5 cm³/mol. The Hall–Kier alpha value is -1.55. The lowest BCUT2D eigenvalue weighted by molar-refractivity contribution is 0.0868. The average Bonchev–Trinajstić information content (AvgIpc) is 2.41. The molecule has 0 bridgehead atoms. The molecule has 0 aromatic heterocycles. The molecule has 1 atom stereocenters. The van der Waals surface area contributed by atoms with E-state index in [1.807, 2.05) is 12.1 Å². The number of carbonyl (C=O) groups excluding carboxylic acids is 1. The third-order valence-corrected chi connectivity index (χ3v) is 3.79. The van der Waals surface area contributed by atoms with Crippen LogP contribution in [-0.4, -0.2) is 32.1 Å². The molecular weight excluding hydrogens is 240 g/mol. The third-order valence-electron chi connectivity index (χ3n) is 3.79. The second-order valence-electron chi connectivity index (χ2n) is 5.71. The third kappa shape index (κ3) is 3.26. The van der Waals surface area contributed by atoms with E-state index in [0.29, 0.717) is 5.56 Å². The van der Waals surface area contributed by atoms with Crippen LogP contribution in [0.2, 0.25) is 0 Å². The van der Waals surface area contributed by atoms with Crippen molar-refractivity contribution in [1.29, 1.82) is 0 Å². The smallest absolute Gasteiger partial charge is 0.251 e. The summed E-state index contributed by atoms with van der Waals surface area (Å²) in [5.41, 5.74) is 0.760. The van der Waals surface area contributed by atoms with Crippen LogP contribution in [0.15, 0.2) is 24.3 Å². The minimum absolute atomic E-state index is 0.0115. The molecule has 0 aliphatic carbocycles. The van der Waals surface area contributed by atoms with Gasteiger partial charge in [-0.15, -0.1) is 0 Å². The maximum absolute atomic E-state index is 12.2. The molecule has 1 unspecified atom stereocenters. The van der Waals surface area contributed by atoms with Crippen LogP contribution >= 0.6 is 0 Å². The molecule has 2 rings (SSSR count). The second-order valence-corrected chi connectivity index (χ2v) is 5.71. The van der Waals surface area contributed by atoms with E-state index >= 15 is 0 Å². The summed E-state index contributed by atoms with van der Waals surface area (Å²) < 4.78 is 5.09. The van der Waals surface area contributed by atoms with Crippen molar-refractivity contribution in [1.82, 2.24) is 10.6 Å². The summed E-state index contributed by atoms with van der Waals surface area (Å²) >= 11 is 0. The normalized spacial score (nSPS) is 21.7. The lowest BCUT2D eigenvalue weighted by atomic mass is 9.80. The first-order chi connectivity index (χ1) is 9.03. The molecule has 1 amide bonds. The highest BCUT2D eigenvalue weighted by Gasteiger charge is 2.33. The standard InChI is InChI=1S/C15H22N2O2/c1-15(2)10-16-9-8-13(15)17-14(18)11-4-6-12(19-3)7-5-11/h4-7,13,16H,8-10H2,1-3H3,(H,17,18). The highest BCUT2D eigenvalue weighted by molar-refractivity contribution is 5.94. The number of hydrogen-bond acceptors (Lipinski definition) is 3. The summed E-state index contributed by atoms with van der Waals surface area (Å²) in [6.07, 6.45) is 0.967. The summed E-state index contributed by atoms with van der Waals surface area (Å²) in [5.74, 6) is 0.751. The molecule has 1 heterocycles. The van der Waals surface area contributed by atoms with Crippen LogP contribution in [0, 0.1) is 5.41 Å². The number of piperidine rings is 1. The van der Waals surface area contributed by atoms with Crippen molar-refractivity contribution < 1.29 is 9.53 Å². The fraction of sp³-hybridized carbons (Fsp3) is 0.533. The van der Waals surface area contributed by atoms with E-state index in [1.54, 1.807) is 19.2 Å². The van der Waals surface area contributed by atoms with Crippen molar-refractivity contribution in [3.63, 3.8) is 0 Å². The predicted octanol–water partition coefficient (Wildman–Crippen LogP) is 1.81. The molecule has 4 nitrogen and oxygen atoms in total. The summed E-state index contributed by atoms with van der Waals surface area (Å²) in [6.45, 7) is 6.24. The molecular formula is C15H22N2O2. The Morgan fingerprint density at radius 2 is 2.05 bits per heavy atom. The Bertz CT molecular complexity index is 440. The molecule has 2 N–H and O–H groups in total. The van der Waals surface area contributed by atoms with Crippen molar-refractivity contribution in [2.75, 3.05) is 20.2 Å². The molecule has 1 saturated heterocycles. The van der Waals surface area contributed by atoms with Gasteiger partial charge in [-0.1, -0.05) is 13.8 Å². The van der Waals surface area contributed by atoms with Gasteiger partial charge in [-0.05, 0) is 42.6 Å². The van der Waals surface area contributed by atoms with Gasteiger partial charge in [0.15, 0.2) is 0 Å². The summed E-state index contributed by atoms with van der Waals surface area (Å²) in [6, 6.07) is 7.42. The average molecular weight is 262 g/mol. The monoisotopic (exact) mass is 262 g/mol. The van der Waals surface area contributed by atoms with Crippen LogP contribution in [0.1, 0.15) is 30.6 Å². The van der Waals surface area contributed by atoms with Crippen LogP contribution in [0.5, 0.6) is 5.75 Å². The van der Waals surface area contributed by atoms with Gasteiger partial charge < -0.3 is 15.4 Å². The number of methoxy groups -OCH3 is 1. The largest absolute Gasteiger partial charge is 0.497 e. The van der Waals surface area contributed by atoms with Gasteiger partial charge in [0.25, 0.3) is 5.91 Å². The second kappa shape index (κ2) is 5.61. The quantitative estimate of drug-likeness (QED) is 0.873. The minimum atomic E-state index is -0.0115. The molecule has 1 aromatic rings. The number of hydrogen-bond donors (Lipinski definition) is 2. The van der Waals surface area contributed by atoms with E-state index in [1.165, 1.54) is 0 Å². The molecule has 19 heavy (non-hydrogen) atoms. The Morgan fingerprint density at radius 1 is 1.37 bits per heavy atom. The molecule has 1 aromatic carbocycles. The molecule has 0 saturated carbocycles. The van der Waals surface area contributed by atoms with E-state index in [9.17, 15) is 4.79 Å². The zero-order chi connectivity index (χ0) is 13.9. The van der Waals surface area contributed by atoms with E-state index in [0.717, 1.165) is 25.3 Å². The first-order valence-electron chi connectivity index (χ1n) is 6.68.